The zero-order valence-electron chi connectivity index (χ0n) is 17.0. The number of rotatable bonds is 6. The highest BCUT2D eigenvalue weighted by atomic mass is 32.2. The number of nitrogens with zero attached hydrogens (tertiary/aromatic N) is 3. The Morgan fingerprint density at radius 1 is 1.21 bits per heavy atom. The third-order valence-electron chi connectivity index (χ3n) is 5.39. The summed E-state index contributed by atoms with van der Waals surface area (Å²) in [5.74, 6) is 1.63. The van der Waals surface area contributed by atoms with Crippen molar-refractivity contribution in [3.8, 4) is 11.6 Å². The predicted octanol–water partition coefficient (Wildman–Crippen LogP) is 4.00. The van der Waals surface area contributed by atoms with E-state index in [0.29, 0.717) is 22.2 Å². The molecule has 0 bridgehead atoms. The number of aromatic nitrogens is 4. The molecule has 3 heterocycles. The summed E-state index contributed by atoms with van der Waals surface area (Å²) in [5, 5.41) is 0.394. The Labute approximate surface area is 173 Å². The van der Waals surface area contributed by atoms with Crippen LogP contribution in [-0.4, -0.2) is 37.7 Å². The van der Waals surface area contributed by atoms with Crippen molar-refractivity contribution in [1.82, 2.24) is 19.9 Å². The second-order valence-corrected chi connectivity index (χ2v) is 8.84. The lowest BCUT2D eigenvalue weighted by Gasteiger charge is -2.23. The molecule has 29 heavy (non-hydrogen) atoms. The number of fused-ring (bicyclic) bond motifs is 1. The summed E-state index contributed by atoms with van der Waals surface area (Å²) in [7, 11) is 1.61. The Hall–Kier alpha value is -2.32. The minimum Gasteiger partial charge on any atom is -0.609 e. The van der Waals surface area contributed by atoms with Crippen LogP contribution in [0.2, 0.25) is 0 Å². The van der Waals surface area contributed by atoms with Gasteiger partial charge in [-0.2, -0.15) is 9.97 Å². The largest absolute Gasteiger partial charge is 0.609 e. The fourth-order valence-corrected chi connectivity index (χ4v) is 4.77. The van der Waals surface area contributed by atoms with Gasteiger partial charge in [-0.05, 0) is 51.7 Å². The lowest BCUT2D eigenvalue weighted by Crippen LogP contribution is -2.20. The van der Waals surface area contributed by atoms with Gasteiger partial charge >= 0.3 is 5.16 Å². The molecule has 0 aliphatic heterocycles. The van der Waals surface area contributed by atoms with Crippen LogP contribution in [0.5, 0.6) is 11.6 Å². The van der Waals surface area contributed by atoms with Crippen LogP contribution in [0, 0.1) is 13.8 Å². The molecule has 1 aliphatic rings. The van der Waals surface area contributed by atoms with Crippen molar-refractivity contribution in [2.24, 2.45) is 0 Å². The predicted molar refractivity (Wildman–Crippen MR) is 112 cm³/mol. The van der Waals surface area contributed by atoms with Crippen LogP contribution in [0.4, 0.5) is 0 Å². The van der Waals surface area contributed by atoms with Gasteiger partial charge in [0.2, 0.25) is 5.88 Å². The van der Waals surface area contributed by atoms with Gasteiger partial charge in [-0.25, -0.2) is 0 Å². The number of ether oxygens (including phenoxy) is 2. The number of nitrogens with one attached hydrogen (secondary N) is 1. The first-order valence-electron chi connectivity index (χ1n) is 9.96. The third kappa shape index (κ3) is 4.33. The molecule has 8 heteroatoms. The number of hydrogen-bond acceptors (Lipinski definition) is 6. The molecule has 1 N–H and O–H groups in total. The van der Waals surface area contributed by atoms with Crippen LogP contribution in [-0.2, 0) is 16.9 Å². The average Bonchev–Trinajstić information content (AvgIpc) is 3.13. The molecular weight excluding hydrogens is 388 g/mol. The van der Waals surface area contributed by atoms with Crippen LogP contribution in [0.15, 0.2) is 23.5 Å². The van der Waals surface area contributed by atoms with E-state index in [4.69, 9.17) is 9.47 Å². The van der Waals surface area contributed by atoms with Crippen LogP contribution in [0.25, 0.3) is 11.2 Å². The van der Waals surface area contributed by atoms with E-state index < -0.39 is 11.2 Å². The maximum atomic E-state index is 12.9. The molecule has 0 aromatic carbocycles. The van der Waals surface area contributed by atoms with Gasteiger partial charge in [-0.15, -0.1) is 0 Å². The van der Waals surface area contributed by atoms with Gasteiger partial charge in [-0.3, -0.25) is 9.97 Å². The Morgan fingerprint density at radius 2 is 2.00 bits per heavy atom. The van der Waals surface area contributed by atoms with Gasteiger partial charge in [0.1, 0.15) is 17.4 Å². The second-order valence-electron chi connectivity index (χ2n) is 7.47. The van der Waals surface area contributed by atoms with Gasteiger partial charge in [0.25, 0.3) is 0 Å². The summed E-state index contributed by atoms with van der Waals surface area (Å²) < 4.78 is 24.4. The highest BCUT2D eigenvalue weighted by Crippen LogP contribution is 2.28. The lowest BCUT2D eigenvalue weighted by molar-refractivity contribution is 0.148. The Kier molecular flexibility index (Phi) is 5.91. The molecule has 3 aromatic heterocycles. The molecule has 154 valence electrons. The van der Waals surface area contributed by atoms with E-state index in [2.05, 4.69) is 19.9 Å². The van der Waals surface area contributed by atoms with Gasteiger partial charge in [0, 0.05) is 28.5 Å². The molecule has 1 atom stereocenters. The molecular formula is C21H26N4O3S. The number of H-pyrrole nitrogens is 1. The molecule has 1 fully saturated rings. The van der Waals surface area contributed by atoms with Crippen LogP contribution in [0.3, 0.4) is 0 Å². The minimum atomic E-state index is -1.37. The molecule has 0 spiro atoms. The Bertz CT molecular complexity index is 1000. The van der Waals surface area contributed by atoms with E-state index in [9.17, 15) is 4.55 Å². The normalized spacial score (nSPS) is 16.1. The van der Waals surface area contributed by atoms with Gasteiger partial charge in [0.05, 0.1) is 12.8 Å². The van der Waals surface area contributed by atoms with Crippen molar-refractivity contribution in [3.05, 3.63) is 35.2 Å². The first kappa shape index (κ1) is 20.0. The maximum Gasteiger partial charge on any atom is 0.323 e. The van der Waals surface area contributed by atoms with Crippen molar-refractivity contribution < 1.29 is 14.0 Å². The number of methoxy groups -OCH3 is 1. The van der Waals surface area contributed by atoms with Gasteiger partial charge < -0.3 is 14.0 Å². The molecule has 0 radical (unpaired) electrons. The number of imidazole rings is 1. The topological polar surface area (TPSA) is 96.0 Å². The molecule has 0 saturated heterocycles. The summed E-state index contributed by atoms with van der Waals surface area (Å²) in [6.45, 7) is 3.89. The quantitative estimate of drug-likeness (QED) is 0.613. The molecule has 1 unspecified atom stereocenters. The van der Waals surface area contributed by atoms with Crippen molar-refractivity contribution in [2.45, 2.75) is 63.0 Å². The fraction of sp³-hybridized carbons (Fsp3) is 0.476. The van der Waals surface area contributed by atoms with Gasteiger partial charge in [0.15, 0.2) is 11.4 Å². The lowest BCUT2D eigenvalue weighted by atomic mass is 9.98. The number of pyridine rings is 2. The average molecular weight is 415 g/mol. The SMILES string of the molecule is COc1ccnc(C[S+]([O-])c2nc3cc(C)c(OC4CCCCC4)nc3[nH]2)c1C. The first-order chi connectivity index (χ1) is 14.0. The molecule has 4 rings (SSSR count). The van der Waals surface area contributed by atoms with Crippen LogP contribution >= 0.6 is 0 Å². The molecule has 7 nitrogen and oxygen atoms in total. The Balaban J connectivity index is 1.55. The highest BCUT2D eigenvalue weighted by Gasteiger charge is 2.22. The fourth-order valence-electron chi connectivity index (χ4n) is 3.68. The second kappa shape index (κ2) is 8.59. The zero-order chi connectivity index (χ0) is 20.4. The van der Waals surface area contributed by atoms with Crippen molar-refractivity contribution in [3.63, 3.8) is 0 Å². The summed E-state index contributed by atoms with van der Waals surface area (Å²) in [6, 6.07) is 3.73. The number of aromatic amines is 1. The van der Waals surface area contributed by atoms with Crippen molar-refractivity contribution in [2.75, 3.05) is 7.11 Å². The summed E-state index contributed by atoms with van der Waals surface area (Å²) >= 11 is -1.37. The van der Waals surface area contributed by atoms with Gasteiger partial charge in [-0.1, -0.05) is 6.42 Å². The molecule has 1 saturated carbocycles. The van der Waals surface area contributed by atoms with E-state index in [0.717, 1.165) is 35.4 Å². The van der Waals surface area contributed by atoms with Crippen molar-refractivity contribution >= 4 is 22.3 Å². The maximum absolute atomic E-state index is 12.9. The molecule has 3 aromatic rings. The van der Waals surface area contributed by atoms with Crippen LogP contribution < -0.4 is 9.47 Å². The first-order valence-corrected chi connectivity index (χ1v) is 11.3. The van der Waals surface area contributed by atoms with Crippen LogP contribution in [0.1, 0.15) is 48.9 Å². The highest BCUT2D eigenvalue weighted by molar-refractivity contribution is 7.90. The monoisotopic (exact) mass is 414 g/mol. The summed E-state index contributed by atoms with van der Waals surface area (Å²) in [5.41, 5.74) is 3.85. The van der Waals surface area contributed by atoms with E-state index in [1.165, 1.54) is 19.3 Å². The van der Waals surface area contributed by atoms with Crippen molar-refractivity contribution in [1.29, 1.82) is 0 Å². The van der Waals surface area contributed by atoms with E-state index in [1.54, 1.807) is 19.4 Å². The van der Waals surface area contributed by atoms with E-state index >= 15 is 0 Å². The summed E-state index contributed by atoms with van der Waals surface area (Å²) in [4.78, 5) is 16.6. The third-order valence-corrected chi connectivity index (χ3v) is 6.55. The number of hydrogen-bond donors (Lipinski definition) is 1. The smallest absolute Gasteiger partial charge is 0.323 e. The standard InChI is InChI=1S/C21H26N4O3S/c1-13-11-16-19(24-20(13)28-15-7-5-4-6-8-15)25-21(23-16)29(26)12-17-14(2)18(27-3)9-10-22-17/h9-11,15H,4-8,12H2,1-3H3,(H,23,24,25). The molecule has 1 aliphatic carbocycles. The number of aryl methyl sites for hydroxylation is 1. The zero-order valence-corrected chi connectivity index (χ0v) is 17.8. The molecule has 0 amide bonds. The summed E-state index contributed by atoms with van der Waals surface area (Å²) in [6.07, 6.45) is 7.73. The van der Waals surface area contributed by atoms with E-state index in [-0.39, 0.29) is 11.9 Å². The van der Waals surface area contributed by atoms with E-state index in [1.807, 2.05) is 19.9 Å². The minimum absolute atomic E-state index is 0.228. The Morgan fingerprint density at radius 3 is 2.76 bits per heavy atom.